The Kier molecular flexibility index (Phi) is 12.6. The predicted molar refractivity (Wildman–Crippen MR) is 105 cm³/mol. The molecule has 0 fully saturated rings. The summed E-state index contributed by atoms with van der Waals surface area (Å²) in [5, 5.41) is 11.4. The second-order valence-electron chi connectivity index (χ2n) is 6.52. The van der Waals surface area contributed by atoms with Gasteiger partial charge in [0, 0.05) is 13.0 Å². The van der Waals surface area contributed by atoms with Crippen molar-refractivity contribution in [1.29, 1.82) is 0 Å². The van der Waals surface area contributed by atoms with Crippen LogP contribution in [0, 0.1) is 0 Å². The lowest BCUT2D eigenvalue weighted by atomic mass is 10.1. The number of ether oxygens (including phenoxy) is 2. The van der Waals surface area contributed by atoms with Crippen molar-refractivity contribution in [2.45, 2.75) is 64.7 Å². The molecule has 1 aromatic rings. The van der Waals surface area contributed by atoms with Crippen LogP contribution < -0.4 is 14.8 Å². The minimum Gasteiger partial charge on any atom is -0.494 e. The van der Waals surface area contributed by atoms with Gasteiger partial charge in [0.15, 0.2) is 6.61 Å². The zero-order valence-corrected chi connectivity index (χ0v) is 16.4. The van der Waals surface area contributed by atoms with Crippen LogP contribution in [0.5, 0.6) is 11.5 Å². The van der Waals surface area contributed by atoms with Gasteiger partial charge >= 0.3 is 5.97 Å². The number of nitrogens with one attached hydrogen (secondary N) is 1. The Bertz CT molecular complexity index is 530. The first-order valence-corrected chi connectivity index (χ1v) is 9.96. The Morgan fingerprint density at radius 2 is 1.37 bits per heavy atom. The van der Waals surface area contributed by atoms with Gasteiger partial charge in [0.25, 0.3) is 5.91 Å². The number of hydrogen-bond acceptors (Lipinski definition) is 4. The van der Waals surface area contributed by atoms with Gasteiger partial charge in [0.05, 0.1) is 6.61 Å². The highest BCUT2D eigenvalue weighted by Crippen LogP contribution is 2.17. The molecule has 6 heteroatoms. The first kappa shape index (κ1) is 22.8. The summed E-state index contributed by atoms with van der Waals surface area (Å²) in [4.78, 5) is 22.2. The first-order valence-electron chi connectivity index (χ1n) is 9.96. The van der Waals surface area contributed by atoms with Crippen LogP contribution >= 0.6 is 0 Å². The molecule has 1 aromatic carbocycles. The van der Waals surface area contributed by atoms with Crippen molar-refractivity contribution in [3.8, 4) is 11.5 Å². The van der Waals surface area contributed by atoms with E-state index in [1.165, 1.54) is 6.42 Å². The van der Waals surface area contributed by atoms with Crippen LogP contribution in [0.1, 0.15) is 64.7 Å². The van der Waals surface area contributed by atoms with E-state index >= 15 is 0 Å². The molecule has 1 amide bonds. The minimum atomic E-state index is -0.707. The van der Waals surface area contributed by atoms with Crippen molar-refractivity contribution in [2.75, 3.05) is 19.8 Å². The van der Waals surface area contributed by atoms with Gasteiger partial charge in [-0.15, -0.1) is 0 Å². The molecular formula is C21H33NO5. The summed E-state index contributed by atoms with van der Waals surface area (Å²) in [6.45, 7) is 3.24. The maximum absolute atomic E-state index is 11.8. The van der Waals surface area contributed by atoms with Crippen molar-refractivity contribution in [3.63, 3.8) is 0 Å². The van der Waals surface area contributed by atoms with E-state index in [2.05, 4.69) is 5.32 Å². The summed E-state index contributed by atoms with van der Waals surface area (Å²) >= 11 is 0. The lowest BCUT2D eigenvalue weighted by Crippen LogP contribution is -2.29. The zero-order chi connectivity index (χ0) is 19.7. The summed E-state index contributed by atoms with van der Waals surface area (Å²) in [6.07, 6.45) is 8.69. The largest absolute Gasteiger partial charge is 0.494 e. The molecule has 0 aliphatic carbocycles. The van der Waals surface area contributed by atoms with Gasteiger partial charge in [-0.1, -0.05) is 38.5 Å². The summed E-state index contributed by atoms with van der Waals surface area (Å²) in [7, 11) is 0. The van der Waals surface area contributed by atoms with Crippen LogP contribution in [0.3, 0.4) is 0 Å². The summed E-state index contributed by atoms with van der Waals surface area (Å²) < 4.78 is 10.8. The van der Waals surface area contributed by atoms with Gasteiger partial charge in [-0.2, -0.15) is 0 Å². The molecular weight excluding hydrogens is 346 g/mol. The van der Waals surface area contributed by atoms with Crippen LogP contribution in [0.15, 0.2) is 24.3 Å². The number of carbonyl (C=O) groups is 2. The maximum Gasteiger partial charge on any atom is 0.303 e. The fourth-order valence-corrected chi connectivity index (χ4v) is 2.69. The van der Waals surface area contributed by atoms with E-state index in [9.17, 15) is 9.59 Å². The summed E-state index contributed by atoms with van der Waals surface area (Å²) in [6, 6.07) is 7.23. The topological polar surface area (TPSA) is 84.9 Å². The number of carboxylic acids is 1. The molecule has 0 unspecified atom stereocenters. The first-order chi connectivity index (χ1) is 13.1. The minimum absolute atomic E-state index is 0.0182. The van der Waals surface area contributed by atoms with E-state index in [0.717, 1.165) is 50.7 Å². The molecule has 0 saturated carbocycles. The highest BCUT2D eigenvalue weighted by atomic mass is 16.5. The molecule has 0 atom stereocenters. The van der Waals surface area contributed by atoms with Gasteiger partial charge < -0.3 is 19.9 Å². The number of hydrogen-bond donors (Lipinski definition) is 2. The highest BCUT2D eigenvalue weighted by Gasteiger charge is 2.03. The van der Waals surface area contributed by atoms with Gasteiger partial charge in [-0.25, -0.2) is 0 Å². The summed E-state index contributed by atoms with van der Waals surface area (Å²) in [5.41, 5.74) is 0. The third kappa shape index (κ3) is 12.7. The molecule has 0 heterocycles. The summed E-state index contributed by atoms with van der Waals surface area (Å²) in [5.74, 6) is 0.621. The van der Waals surface area contributed by atoms with Crippen LogP contribution in [0.25, 0.3) is 0 Å². The van der Waals surface area contributed by atoms with Crippen molar-refractivity contribution >= 4 is 11.9 Å². The quantitative estimate of drug-likeness (QED) is 0.421. The van der Waals surface area contributed by atoms with E-state index in [-0.39, 0.29) is 18.9 Å². The van der Waals surface area contributed by atoms with E-state index in [1.807, 2.05) is 19.1 Å². The van der Waals surface area contributed by atoms with Gasteiger partial charge in [0.1, 0.15) is 11.5 Å². The number of aliphatic carboxylic acids is 1. The molecule has 0 saturated heterocycles. The molecule has 152 valence electrons. The second-order valence-corrected chi connectivity index (χ2v) is 6.52. The van der Waals surface area contributed by atoms with E-state index in [1.54, 1.807) is 12.1 Å². The van der Waals surface area contributed by atoms with Crippen LogP contribution in [0.4, 0.5) is 0 Å². The molecule has 0 aliphatic heterocycles. The molecule has 1 rings (SSSR count). The van der Waals surface area contributed by atoms with E-state index < -0.39 is 5.97 Å². The zero-order valence-electron chi connectivity index (χ0n) is 16.4. The molecule has 6 nitrogen and oxygen atoms in total. The Morgan fingerprint density at radius 3 is 1.93 bits per heavy atom. The fraction of sp³-hybridized carbons (Fsp3) is 0.619. The molecule has 0 radical (unpaired) electrons. The molecule has 2 N–H and O–H groups in total. The number of carbonyl (C=O) groups excluding carboxylic acids is 1. The number of rotatable bonds is 16. The Morgan fingerprint density at radius 1 is 0.852 bits per heavy atom. The lowest BCUT2D eigenvalue weighted by Gasteiger charge is -2.08. The van der Waals surface area contributed by atoms with Crippen molar-refractivity contribution in [3.05, 3.63) is 24.3 Å². The van der Waals surface area contributed by atoms with Gasteiger partial charge in [0.2, 0.25) is 0 Å². The molecule has 0 bridgehead atoms. The van der Waals surface area contributed by atoms with Crippen LogP contribution in [-0.4, -0.2) is 36.7 Å². The third-order valence-corrected chi connectivity index (χ3v) is 4.14. The smallest absolute Gasteiger partial charge is 0.303 e. The Balaban J connectivity index is 1.93. The van der Waals surface area contributed by atoms with E-state index in [0.29, 0.717) is 18.9 Å². The standard InChI is InChI=1S/C21H33NO5/c1-2-26-18-12-14-19(15-13-18)27-17-20(23)22-16-10-8-6-4-3-5-7-9-11-21(24)25/h12-15H,2-11,16-17H2,1H3,(H,22,23)(H,24,25). The van der Waals surface area contributed by atoms with Crippen molar-refractivity contribution in [2.24, 2.45) is 0 Å². The average Bonchev–Trinajstić information content (AvgIpc) is 2.65. The molecule has 0 aromatic heterocycles. The monoisotopic (exact) mass is 379 g/mol. The fourth-order valence-electron chi connectivity index (χ4n) is 2.69. The third-order valence-electron chi connectivity index (χ3n) is 4.14. The van der Waals surface area contributed by atoms with Crippen molar-refractivity contribution in [1.82, 2.24) is 5.32 Å². The number of amides is 1. The van der Waals surface area contributed by atoms with Gasteiger partial charge in [-0.3, -0.25) is 9.59 Å². The number of carboxylic acid groups (broad SMARTS) is 1. The van der Waals surface area contributed by atoms with Gasteiger partial charge in [-0.05, 0) is 44.0 Å². The van der Waals surface area contributed by atoms with E-state index in [4.69, 9.17) is 14.6 Å². The molecule has 0 aliphatic rings. The lowest BCUT2D eigenvalue weighted by molar-refractivity contribution is -0.137. The van der Waals surface area contributed by atoms with Crippen LogP contribution in [0.2, 0.25) is 0 Å². The molecule has 0 spiro atoms. The SMILES string of the molecule is CCOc1ccc(OCC(=O)NCCCCCCCCCCC(=O)O)cc1. The maximum atomic E-state index is 11.8. The number of benzene rings is 1. The normalized spacial score (nSPS) is 10.4. The Labute approximate surface area is 162 Å². The predicted octanol–water partition coefficient (Wildman–Crippen LogP) is 4.18. The number of unbranched alkanes of at least 4 members (excludes halogenated alkanes) is 7. The van der Waals surface area contributed by atoms with Crippen molar-refractivity contribution < 1.29 is 24.2 Å². The highest BCUT2D eigenvalue weighted by molar-refractivity contribution is 5.77. The Hall–Kier alpha value is -2.24. The average molecular weight is 379 g/mol. The van der Waals surface area contributed by atoms with Crippen LogP contribution in [-0.2, 0) is 9.59 Å². The second kappa shape index (κ2) is 14.9. The molecule has 27 heavy (non-hydrogen) atoms.